The molecule has 1 N–H and O–H groups in total. The number of amides is 1. The Bertz CT molecular complexity index is 405. The number of rotatable bonds is 1. The molecule has 108 valence electrons. The molecule has 1 amide bonds. The third-order valence-electron chi connectivity index (χ3n) is 3.04. The van der Waals surface area contributed by atoms with Crippen LogP contribution >= 0.6 is 0 Å². The molecule has 1 rings (SSSR count). The minimum Gasteiger partial charge on any atom is -0.444 e. The van der Waals surface area contributed by atoms with Gasteiger partial charge in [0, 0.05) is 5.70 Å². The molecule has 0 fully saturated rings. The lowest BCUT2D eigenvalue weighted by Gasteiger charge is -2.28. The van der Waals surface area contributed by atoms with Gasteiger partial charge in [-0.25, -0.2) is 4.79 Å². The molecule has 0 spiro atoms. The molecule has 0 aromatic rings. The lowest BCUT2D eigenvalue weighted by atomic mass is 9.81. The third-order valence-corrected chi connectivity index (χ3v) is 3.04. The number of alkyl carbamates (subject to hydrolysis) is 1. The van der Waals surface area contributed by atoms with E-state index in [0.29, 0.717) is 5.92 Å². The molecule has 1 atom stereocenters. The zero-order valence-electron chi connectivity index (χ0n) is 13.3. The van der Waals surface area contributed by atoms with E-state index in [1.165, 1.54) is 5.57 Å². The summed E-state index contributed by atoms with van der Waals surface area (Å²) in [6.07, 6.45) is 4.91. The average molecular weight is 265 g/mol. The standard InChI is InChI=1S/C16H27NO2/c1-11-8-9-12(15(2,3)4)10-13(11)17-14(18)19-16(5,6)7/h9-11H,8H2,1-7H3,(H,17,18). The number of nitrogens with one attached hydrogen (secondary N) is 1. The van der Waals surface area contributed by atoms with Gasteiger partial charge in [-0.1, -0.05) is 33.8 Å². The fourth-order valence-corrected chi connectivity index (χ4v) is 1.90. The first-order chi connectivity index (χ1) is 8.49. The van der Waals surface area contributed by atoms with Gasteiger partial charge in [-0.05, 0) is 50.2 Å². The molecule has 0 saturated heterocycles. The van der Waals surface area contributed by atoms with E-state index in [2.05, 4.69) is 45.2 Å². The Morgan fingerprint density at radius 2 is 1.84 bits per heavy atom. The molecule has 3 heteroatoms. The van der Waals surface area contributed by atoms with Crippen LogP contribution in [0.3, 0.4) is 0 Å². The Hall–Kier alpha value is -1.25. The van der Waals surface area contributed by atoms with Crippen molar-refractivity contribution in [1.29, 1.82) is 0 Å². The highest BCUT2D eigenvalue weighted by Crippen LogP contribution is 2.33. The molecular formula is C16H27NO2. The first-order valence-corrected chi connectivity index (χ1v) is 6.91. The van der Waals surface area contributed by atoms with Crippen LogP contribution in [0, 0.1) is 11.3 Å². The summed E-state index contributed by atoms with van der Waals surface area (Å²) in [5.74, 6) is 0.318. The van der Waals surface area contributed by atoms with Crippen LogP contribution in [-0.2, 0) is 4.74 Å². The van der Waals surface area contributed by atoms with E-state index in [-0.39, 0.29) is 11.5 Å². The van der Waals surface area contributed by atoms with Crippen LogP contribution in [0.4, 0.5) is 4.79 Å². The quantitative estimate of drug-likeness (QED) is 0.762. The lowest BCUT2D eigenvalue weighted by molar-refractivity contribution is 0.0540. The minimum atomic E-state index is -0.467. The molecule has 0 aliphatic heterocycles. The smallest absolute Gasteiger partial charge is 0.411 e. The number of ether oxygens (including phenoxy) is 1. The van der Waals surface area contributed by atoms with Crippen LogP contribution in [0.2, 0.25) is 0 Å². The lowest BCUT2D eigenvalue weighted by Crippen LogP contribution is -2.34. The molecule has 1 aliphatic rings. The molecule has 0 radical (unpaired) electrons. The molecule has 19 heavy (non-hydrogen) atoms. The van der Waals surface area contributed by atoms with Gasteiger partial charge in [0.25, 0.3) is 0 Å². The number of hydrogen-bond donors (Lipinski definition) is 1. The average Bonchev–Trinajstić information content (AvgIpc) is 2.16. The summed E-state index contributed by atoms with van der Waals surface area (Å²) in [5.41, 5.74) is 1.84. The van der Waals surface area contributed by atoms with Gasteiger partial charge in [0.05, 0.1) is 0 Å². The van der Waals surface area contributed by atoms with Crippen molar-refractivity contribution in [2.45, 2.75) is 60.5 Å². The van der Waals surface area contributed by atoms with Gasteiger partial charge in [-0.15, -0.1) is 0 Å². The van der Waals surface area contributed by atoms with Crippen molar-refractivity contribution >= 4 is 6.09 Å². The van der Waals surface area contributed by atoms with Crippen LogP contribution in [-0.4, -0.2) is 11.7 Å². The highest BCUT2D eigenvalue weighted by molar-refractivity contribution is 5.70. The molecule has 0 saturated carbocycles. The van der Waals surface area contributed by atoms with E-state index in [0.717, 1.165) is 12.1 Å². The van der Waals surface area contributed by atoms with Gasteiger partial charge in [0.1, 0.15) is 5.60 Å². The molecule has 0 heterocycles. The maximum absolute atomic E-state index is 11.8. The van der Waals surface area contributed by atoms with E-state index < -0.39 is 5.60 Å². The predicted octanol–water partition coefficient (Wildman–Crippen LogP) is 4.41. The van der Waals surface area contributed by atoms with Crippen molar-refractivity contribution in [2.75, 3.05) is 0 Å². The zero-order chi connectivity index (χ0) is 14.8. The fourth-order valence-electron chi connectivity index (χ4n) is 1.90. The Kier molecular flexibility index (Phi) is 4.49. The van der Waals surface area contributed by atoms with Crippen molar-refractivity contribution in [3.63, 3.8) is 0 Å². The number of hydrogen-bond acceptors (Lipinski definition) is 2. The molecule has 1 aliphatic carbocycles. The van der Waals surface area contributed by atoms with Crippen LogP contribution in [0.15, 0.2) is 23.4 Å². The minimum absolute atomic E-state index is 0.0982. The molecule has 0 bridgehead atoms. The van der Waals surface area contributed by atoms with E-state index in [1.807, 2.05) is 20.8 Å². The van der Waals surface area contributed by atoms with Crippen molar-refractivity contribution < 1.29 is 9.53 Å². The molecule has 1 unspecified atom stereocenters. The van der Waals surface area contributed by atoms with E-state index >= 15 is 0 Å². The van der Waals surface area contributed by atoms with Gasteiger partial charge in [-0.3, -0.25) is 5.32 Å². The summed E-state index contributed by atoms with van der Waals surface area (Å²) in [6, 6.07) is 0. The Balaban J connectivity index is 2.79. The SMILES string of the molecule is CC1CC=C(C(C)(C)C)C=C1NC(=O)OC(C)(C)C. The molecular weight excluding hydrogens is 238 g/mol. The Labute approximate surface area is 117 Å². The first kappa shape index (κ1) is 15.8. The summed E-state index contributed by atoms with van der Waals surface area (Å²) < 4.78 is 5.30. The summed E-state index contributed by atoms with van der Waals surface area (Å²) in [6.45, 7) is 14.2. The summed E-state index contributed by atoms with van der Waals surface area (Å²) in [5, 5.41) is 2.89. The van der Waals surface area contributed by atoms with Gasteiger partial charge < -0.3 is 4.74 Å². The maximum atomic E-state index is 11.8. The van der Waals surface area contributed by atoms with E-state index in [4.69, 9.17) is 4.74 Å². The topological polar surface area (TPSA) is 38.3 Å². The second-order valence-electron chi connectivity index (χ2n) is 7.27. The van der Waals surface area contributed by atoms with Crippen LogP contribution in [0.1, 0.15) is 54.9 Å². The molecule has 0 aromatic heterocycles. The monoisotopic (exact) mass is 265 g/mol. The van der Waals surface area contributed by atoms with Gasteiger partial charge in [-0.2, -0.15) is 0 Å². The van der Waals surface area contributed by atoms with Crippen molar-refractivity contribution in [2.24, 2.45) is 11.3 Å². The normalized spacial score (nSPS) is 20.5. The molecule has 0 aromatic carbocycles. The maximum Gasteiger partial charge on any atom is 0.411 e. The number of carbonyl (C=O) groups excluding carboxylic acids is 1. The van der Waals surface area contributed by atoms with E-state index in [9.17, 15) is 4.79 Å². The van der Waals surface area contributed by atoms with Gasteiger partial charge in [0.2, 0.25) is 0 Å². The van der Waals surface area contributed by atoms with E-state index in [1.54, 1.807) is 0 Å². The summed E-state index contributed by atoms with van der Waals surface area (Å²) in [7, 11) is 0. The Morgan fingerprint density at radius 1 is 1.26 bits per heavy atom. The molecule has 3 nitrogen and oxygen atoms in total. The number of carbonyl (C=O) groups is 1. The van der Waals surface area contributed by atoms with Crippen molar-refractivity contribution in [3.05, 3.63) is 23.4 Å². The highest BCUT2D eigenvalue weighted by Gasteiger charge is 2.24. The van der Waals surface area contributed by atoms with Crippen molar-refractivity contribution in [3.8, 4) is 0 Å². The second-order valence-corrected chi connectivity index (χ2v) is 7.27. The second kappa shape index (κ2) is 5.40. The zero-order valence-corrected chi connectivity index (χ0v) is 13.3. The third kappa shape index (κ3) is 5.09. The fraction of sp³-hybridized carbons (Fsp3) is 0.688. The van der Waals surface area contributed by atoms with Crippen LogP contribution in [0.5, 0.6) is 0 Å². The number of allylic oxidation sites excluding steroid dienone is 4. The summed E-state index contributed by atoms with van der Waals surface area (Å²) in [4.78, 5) is 11.8. The van der Waals surface area contributed by atoms with Gasteiger partial charge in [0.15, 0.2) is 0 Å². The first-order valence-electron chi connectivity index (χ1n) is 6.91. The summed E-state index contributed by atoms with van der Waals surface area (Å²) >= 11 is 0. The largest absolute Gasteiger partial charge is 0.444 e. The van der Waals surface area contributed by atoms with Crippen LogP contribution < -0.4 is 5.32 Å². The van der Waals surface area contributed by atoms with Crippen molar-refractivity contribution in [1.82, 2.24) is 5.32 Å². The highest BCUT2D eigenvalue weighted by atomic mass is 16.6. The van der Waals surface area contributed by atoms with Crippen LogP contribution in [0.25, 0.3) is 0 Å². The van der Waals surface area contributed by atoms with Gasteiger partial charge >= 0.3 is 6.09 Å². The Morgan fingerprint density at radius 3 is 2.32 bits per heavy atom. The predicted molar refractivity (Wildman–Crippen MR) is 78.8 cm³/mol.